The minimum atomic E-state index is -0.595. The molecule has 32 heavy (non-hydrogen) atoms. The molecule has 0 spiro atoms. The molecule has 3 rings (SSSR count). The van der Waals surface area contributed by atoms with Gasteiger partial charge in [0.15, 0.2) is 11.6 Å². The number of hydrogen-bond acceptors (Lipinski definition) is 6. The van der Waals surface area contributed by atoms with Gasteiger partial charge in [-0.05, 0) is 32.9 Å². The Kier molecular flexibility index (Phi) is 7.10. The number of piperidine rings is 1. The van der Waals surface area contributed by atoms with E-state index in [0.717, 1.165) is 0 Å². The average molecular weight is 451 g/mol. The third kappa shape index (κ3) is 6.24. The molecular weight excluding hydrogens is 421 g/mol. The number of likely N-dealkylation sites (tertiary alicyclic amines) is 1. The summed E-state index contributed by atoms with van der Waals surface area (Å²) < 4.78 is 31.1. The van der Waals surface area contributed by atoms with Gasteiger partial charge in [0, 0.05) is 38.9 Å². The van der Waals surface area contributed by atoms with E-state index in [9.17, 15) is 18.8 Å². The second-order valence-electron chi connectivity index (χ2n) is 8.95. The molecule has 2 heterocycles. The summed E-state index contributed by atoms with van der Waals surface area (Å²) in [4.78, 5) is 38.2. The van der Waals surface area contributed by atoms with E-state index >= 15 is 0 Å². The predicted molar refractivity (Wildman–Crippen MR) is 114 cm³/mol. The minimum absolute atomic E-state index is 0.0897. The van der Waals surface area contributed by atoms with Crippen LogP contribution in [0.1, 0.15) is 40.5 Å². The van der Waals surface area contributed by atoms with Crippen molar-refractivity contribution in [3.63, 3.8) is 0 Å². The highest BCUT2D eigenvalue weighted by Crippen LogP contribution is 2.29. The van der Waals surface area contributed by atoms with Crippen molar-refractivity contribution in [2.45, 2.75) is 58.3 Å². The van der Waals surface area contributed by atoms with Crippen molar-refractivity contribution in [2.75, 3.05) is 31.1 Å². The lowest BCUT2D eigenvalue weighted by molar-refractivity contribution is -0.119. The molecular formula is C22H30FN3O6. The van der Waals surface area contributed by atoms with Gasteiger partial charge in [-0.15, -0.1) is 0 Å². The van der Waals surface area contributed by atoms with Gasteiger partial charge in [0.05, 0.1) is 18.8 Å². The number of cyclic esters (lactones) is 1. The molecule has 2 aliphatic heterocycles. The van der Waals surface area contributed by atoms with Gasteiger partial charge >= 0.3 is 12.2 Å². The summed E-state index contributed by atoms with van der Waals surface area (Å²) in [6, 6.07) is 4.31. The van der Waals surface area contributed by atoms with E-state index in [-0.39, 0.29) is 36.9 Å². The van der Waals surface area contributed by atoms with Crippen LogP contribution in [0.25, 0.3) is 0 Å². The second kappa shape index (κ2) is 9.62. The first-order chi connectivity index (χ1) is 15.0. The van der Waals surface area contributed by atoms with Crippen LogP contribution in [0, 0.1) is 5.82 Å². The van der Waals surface area contributed by atoms with Crippen molar-refractivity contribution >= 4 is 23.8 Å². The van der Waals surface area contributed by atoms with Crippen LogP contribution < -0.4 is 15.0 Å². The van der Waals surface area contributed by atoms with Crippen LogP contribution in [0.15, 0.2) is 18.2 Å². The Hall–Kier alpha value is -3.04. The quantitative estimate of drug-likeness (QED) is 0.739. The van der Waals surface area contributed by atoms with Gasteiger partial charge in [-0.25, -0.2) is 14.0 Å². The number of hydrogen-bond donors (Lipinski definition) is 1. The highest BCUT2D eigenvalue weighted by molar-refractivity contribution is 5.90. The van der Waals surface area contributed by atoms with Gasteiger partial charge in [0.2, 0.25) is 5.91 Å². The summed E-state index contributed by atoms with van der Waals surface area (Å²) >= 11 is 0. The van der Waals surface area contributed by atoms with E-state index in [1.807, 2.05) is 20.8 Å². The maximum Gasteiger partial charge on any atom is 0.414 e. The molecule has 1 N–H and O–H groups in total. The molecule has 3 amide bonds. The summed E-state index contributed by atoms with van der Waals surface area (Å²) in [6.45, 7) is 8.17. The van der Waals surface area contributed by atoms with Gasteiger partial charge in [-0.1, -0.05) is 0 Å². The highest BCUT2D eigenvalue weighted by atomic mass is 19.1. The second-order valence-corrected chi connectivity index (χ2v) is 8.95. The number of rotatable bonds is 5. The molecule has 1 atom stereocenters. The van der Waals surface area contributed by atoms with E-state index in [4.69, 9.17) is 14.2 Å². The Bertz CT molecular complexity index is 864. The van der Waals surface area contributed by atoms with Crippen molar-refractivity contribution in [1.29, 1.82) is 0 Å². The lowest BCUT2D eigenvalue weighted by Gasteiger charge is -2.33. The Morgan fingerprint density at radius 3 is 2.53 bits per heavy atom. The van der Waals surface area contributed by atoms with Crippen molar-refractivity contribution in [1.82, 2.24) is 10.2 Å². The molecule has 0 saturated carbocycles. The predicted octanol–water partition coefficient (Wildman–Crippen LogP) is 3.07. The van der Waals surface area contributed by atoms with Gasteiger partial charge in [0.1, 0.15) is 17.8 Å². The summed E-state index contributed by atoms with van der Waals surface area (Å²) in [6.07, 6.45) is -0.565. The molecule has 0 aliphatic carbocycles. The zero-order valence-electron chi connectivity index (χ0n) is 18.9. The van der Waals surface area contributed by atoms with E-state index in [0.29, 0.717) is 31.6 Å². The zero-order valence-corrected chi connectivity index (χ0v) is 18.9. The first kappa shape index (κ1) is 23.6. The SMILES string of the molecule is CC(=O)NC[C@H]1CN(c2ccc(OC3CCN(C(=O)OC(C)(C)C)CC3)c(F)c2)C(=O)O1. The van der Waals surface area contributed by atoms with Gasteiger partial charge in [-0.3, -0.25) is 9.69 Å². The smallest absolute Gasteiger partial charge is 0.414 e. The van der Waals surface area contributed by atoms with E-state index in [2.05, 4.69) is 5.32 Å². The van der Waals surface area contributed by atoms with Gasteiger partial charge in [0.25, 0.3) is 0 Å². The monoisotopic (exact) mass is 451 g/mol. The lowest BCUT2D eigenvalue weighted by Crippen LogP contribution is -2.44. The standard InChI is InChI=1S/C22H30FN3O6/c1-14(27)24-12-17-13-26(21(29)31-17)15-5-6-19(18(23)11-15)30-16-7-9-25(10-8-16)20(28)32-22(2,3)4/h5-6,11,16-17H,7-10,12-13H2,1-4H3,(H,24,27)/t17-/m0/s1. The van der Waals surface area contributed by atoms with E-state index in [1.165, 1.54) is 24.0 Å². The fourth-order valence-electron chi connectivity index (χ4n) is 3.51. The molecule has 176 valence electrons. The molecule has 2 saturated heterocycles. The van der Waals surface area contributed by atoms with Crippen LogP contribution in [-0.4, -0.2) is 67.0 Å². The number of benzene rings is 1. The first-order valence-electron chi connectivity index (χ1n) is 10.7. The molecule has 9 nitrogen and oxygen atoms in total. The van der Waals surface area contributed by atoms with Crippen LogP contribution in [0.4, 0.5) is 19.7 Å². The molecule has 2 fully saturated rings. The normalized spacial score (nSPS) is 19.5. The number of amides is 3. The van der Waals surface area contributed by atoms with Crippen LogP contribution >= 0.6 is 0 Å². The first-order valence-corrected chi connectivity index (χ1v) is 10.7. The highest BCUT2D eigenvalue weighted by Gasteiger charge is 2.33. The lowest BCUT2D eigenvalue weighted by atomic mass is 10.1. The largest absolute Gasteiger partial charge is 0.487 e. The molecule has 10 heteroatoms. The Morgan fingerprint density at radius 2 is 1.94 bits per heavy atom. The topological polar surface area (TPSA) is 97.4 Å². The number of carbonyl (C=O) groups excluding carboxylic acids is 3. The Labute approximate surface area is 186 Å². The molecule has 0 radical (unpaired) electrons. The van der Waals surface area contributed by atoms with Crippen molar-refractivity contribution in [2.24, 2.45) is 0 Å². The van der Waals surface area contributed by atoms with Crippen molar-refractivity contribution in [3.05, 3.63) is 24.0 Å². The molecule has 1 aromatic carbocycles. The average Bonchev–Trinajstić information content (AvgIpc) is 3.08. The number of ether oxygens (including phenoxy) is 3. The number of nitrogens with zero attached hydrogens (tertiary/aromatic N) is 2. The number of nitrogens with one attached hydrogen (secondary N) is 1. The molecule has 0 unspecified atom stereocenters. The fraction of sp³-hybridized carbons (Fsp3) is 0.591. The van der Waals surface area contributed by atoms with E-state index in [1.54, 1.807) is 11.0 Å². The van der Waals surface area contributed by atoms with E-state index < -0.39 is 23.6 Å². The third-order valence-corrected chi connectivity index (χ3v) is 5.07. The molecule has 2 aliphatic rings. The fourth-order valence-corrected chi connectivity index (χ4v) is 3.51. The van der Waals surface area contributed by atoms with Crippen molar-refractivity contribution < 1.29 is 33.0 Å². The molecule has 0 aromatic heterocycles. The van der Waals surface area contributed by atoms with Crippen molar-refractivity contribution in [3.8, 4) is 5.75 Å². The van der Waals surface area contributed by atoms with Crippen LogP contribution in [0.5, 0.6) is 5.75 Å². The number of anilines is 1. The summed E-state index contributed by atoms with van der Waals surface area (Å²) in [5.41, 5.74) is -0.203. The molecule has 1 aromatic rings. The minimum Gasteiger partial charge on any atom is -0.487 e. The summed E-state index contributed by atoms with van der Waals surface area (Å²) in [5.74, 6) is -0.717. The Morgan fingerprint density at radius 1 is 1.25 bits per heavy atom. The van der Waals surface area contributed by atoms with Gasteiger partial charge < -0.3 is 24.4 Å². The molecule has 0 bridgehead atoms. The van der Waals surface area contributed by atoms with Crippen LogP contribution in [-0.2, 0) is 14.3 Å². The van der Waals surface area contributed by atoms with Crippen LogP contribution in [0.2, 0.25) is 0 Å². The number of carbonyl (C=O) groups is 3. The zero-order chi connectivity index (χ0) is 23.5. The maximum atomic E-state index is 14.7. The maximum absolute atomic E-state index is 14.7. The Balaban J connectivity index is 1.54. The number of halogens is 1. The van der Waals surface area contributed by atoms with Crippen LogP contribution in [0.3, 0.4) is 0 Å². The van der Waals surface area contributed by atoms with Gasteiger partial charge in [-0.2, -0.15) is 0 Å². The summed E-state index contributed by atoms with van der Waals surface area (Å²) in [5, 5.41) is 2.60. The third-order valence-electron chi connectivity index (χ3n) is 5.07. The summed E-state index contributed by atoms with van der Waals surface area (Å²) in [7, 11) is 0.